The van der Waals surface area contributed by atoms with E-state index >= 15 is 0 Å². The number of nitrogen functional groups attached to an aromatic ring is 1. The van der Waals surface area contributed by atoms with Crippen molar-refractivity contribution in [3.05, 3.63) is 23.8 Å². The van der Waals surface area contributed by atoms with E-state index in [-0.39, 0.29) is 5.97 Å². The van der Waals surface area contributed by atoms with Crippen LogP contribution in [0.3, 0.4) is 0 Å². The number of carbonyl (C=O) groups excluding carboxylic acids is 1. The molecule has 0 aromatic heterocycles. The van der Waals surface area contributed by atoms with Crippen molar-refractivity contribution in [2.45, 2.75) is 18.7 Å². The van der Waals surface area contributed by atoms with Crippen molar-refractivity contribution >= 4 is 23.4 Å². The highest BCUT2D eigenvalue weighted by molar-refractivity contribution is 8.00. The first-order valence-electron chi connectivity index (χ1n) is 4.78. The van der Waals surface area contributed by atoms with Crippen molar-refractivity contribution < 1.29 is 9.53 Å². The highest BCUT2D eigenvalue weighted by Gasteiger charge is 2.06. The maximum absolute atomic E-state index is 11.1. The van der Waals surface area contributed by atoms with E-state index in [1.54, 1.807) is 6.92 Å². The molecule has 0 aliphatic carbocycles. The van der Waals surface area contributed by atoms with Gasteiger partial charge in [-0.05, 0) is 31.5 Å². The summed E-state index contributed by atoms with van der Waals surface area (Å²) < 4.78 is 4.84. The molecule has 0 atom stereocenters. The van der Waals surface area contributed by atoms with Crippen LogP contribution in [0.1, 0.15) is 12.5 Å². The second kappa shape index (κ2) is 5.66. The van der Waals surface area contributed by atoms with Crippen molar-refractivity contribution in [3.63, 3.8) is 0 Å². The Morgan fingerprint density at radius 2 is 2.27 bits per heavy atom. The second-order valence-corrected chi connectivity index (χ2v) is 4.08. The van der Waals surface area contributed by atoms with Gasteiger partial charge in [-0.1, -0.05) is 6.07 Å². The molecule has 0 saturated heterocycles. The summed E-state index contributed by atoms with van der Waals surface area (Å²) >= 11 is 1.45. The number of thioether (sulfide) groups is 1. The van der Waals surface area contributed by atoms with Crippen molar-refractivity contribution in [2.75, 3.05) is 18.1 Å². The number of hydrogen-bond donors (Lipinski definition) is 1. The molecule has 82 valence electrons. The van der Waals surface area contributed by atoms with E-state index in [4.69, 9.17) is 10.5 Å². The van der Waals surface area contributed by atoms with E-state index in [1.165, 1.54) is 11.8 Å². The molecule has 1 rings (SSSR count). The predicted octanol–water partition coefficient (Wildman–Crippen LogP) is 2.23. The Bertz CT molecular complexity index is 352. The summed E-state index contributed by atoms with van der Waals surface area (Å²) in [5, 5.41) is 0. The quantitative estimate of drug-likeness (QED) is 0.485. The Morgan fingerprint density at radius 1 is 1.53 bits per heavy atom. The SMILES string of the molecule is CCOC(=O)CSc1cccc(N)c1C. The largest absolute Gasteiger partial charge is 0.465 e. The molecule has 1 aromatic carbocycles. The zero-order chi connectivity index (χ0) is 11.3. The van der Waals surface area contributed by atoms with Crippen LogP contribution < -0.4 is 5.73 Å². The van der Waals surface area contributed by atoms with E-state index < -0.39 is 0 Å². The minimum atomic E-state index is -0.190. The minimum Gasteiger partial charge on any atom is -0.465 e. The van der Waals surface area contributed by atoms with Gasteiger partial charge in [-0.3, -0.25) is 4.79 Å². The normalized spacial score (nSPS) is 10.0. The number of benzene rings is 1. The smallest absolute Gasteiger partial charge is 0.316 e. The molecule has 0 bridgehead atoms. The third-order valence-electron chi connectivity index (χ3n) is 1.98. The molecule has 0 radical (unpaired) electrons. The van der Waals surface area contributed by atoms with E-state index in [1.807, 2.05) is 25.1 Å². The molecule has 0 amide bonds. The lowest BCUT2D eigenvalue weighted by atomic mass is 10.2. The average molecular weight is 225 g/mol. The molecule has 2 N–H and O–H groups in total. The molecule has 15 heavy (non-hydrogen) atoms. The molecular weight excluding hydrogens is 210 g/mol. The topological polar surface area (TPSA) is 52.3 Å². The molecule has 4 heteroatoms. The standard InChI is InChI=1S/C11H15NO2S/c1-3-14-11(13)7-15-10-6-4-5-9(12)8(10)2/h4-6H,3,7,12H2,1-2H3. The van der Waals surface area contributed by atoms with Gasteiger partial charge in [0, 0.05) is 10.6 Å². The first-order chi connectivity index (χ1) is 7.15. The molecule has 0 aliphatic rings. The van der Waals surface area contributed by atoms with Gasteiger partial charge in [0.1, 0.15) is 0 Å². The molecule has 1 aromatic rings. The molecule has 0 aliphatic heterocycles. The number of rotatable bonds is 4. The van der Waals surface area contributed by atoms with Crippen LogP contribution >= 0.6 is 11.8 Å². The molecular formula is C11H15NO2S. The van der Waals surface area contributed by atoms with E-state index in [9.17, 15) is 4.79 Å². The lowest BCUT2D eigenvalue weighted by molar-refractivity contribution is -0.139. The van der Waals surface area contributed by atoms with Crippen LogP contribution in [0.5, 0.6) is 0 Å². The number of carbonyl (C=O) groups is 1. The van der Waals surface area contributed by atoms with Crippen LogP contribution in [0.15, 0.2) is 23.1 Å². The summed E-state index contributed by atoms with van der Waals surface area (Å²) in [6.07, 6.45) is 0. The van der Waals surface area contributed by atoms with Crippen molar-refractivity contribution in [1.29, 1.82) is 0 Å². The molecule has 0 unspecified atom stereocenters. The Balaban J connectivity index is 2.58. The van der Waals surface area contributed by atoms with Gasteiger partial charge in [0.15, 0.2) is 0 Å². The number of ether oxygens (including phenoxy) is 1. The minimum absolute atomic E-state index is 0.190. The zero-order valence-electron chi connectivity index (χ0n) is 8.95. The Morgan fingerprint density at radius 3 is 2.93 bits per heavy atom. The van der Waals surface area contributed by atoms with Crippen LogP contribution in [0.25, 0.3) is 0 Å². The highest BCUT2D eigenvalue weighted by atomic mass is 32.2. The monoisotopic (exact) mass is 225 g/mol. The van der Waals surface area contributed by atoms with E-state index in [0.717, 1.165) is 16.1 Å². The summed E-state index contributed by atoms with van der Waals surface area (Å²) in [6.45, 7) is 4.17. The number of esters is 1. The van der Waals surface area contributed by atoms with Gasteiger partial charge >= 0.3 is 5.97 Å². The third-order valence-corrected chi connectivity index (χ3v) is 3.11. The number of nitrogens with two attached hydrogens (primary N) is 1. The van der Waals surface area contributed by atoms with Crippen LogP contribution in [0.2, 0.25) is 0 Å². The fourth-order valence-electron chi connectivity index (χ4n) is 1.13. The highest BCUT2D eigenvalue weighted by Crippen LogP contribution is 2.25. The molecule has 0 spiro atoms. The van der Waals surface area contributed by atoms with Gasteiger partial charge in [0.05, 0.1) is 12.4 Å². The molecule has 0 heterocycles. The van der Waals surface area contributed by atoms with Crippen molar-refractivity contribution in [3.8, 4) is 0 Å². The molecule has 0 fully saturated rings. The Hall–Kier alpha value is -1.16. The Labute approximate surface area is 94.0 Å². The summed E-state index contributed by atoms with van der Waals surface area (Å²) in [5.41, 5.74) is 7.53. The summed E-state index contributed by atoms with van der Waals surface area (Å²) in [7, 11) is 0. The van der Waals surface area contributed by atoms with Gasteiger partial charge in [0.25, 0.3) is 0 Å². The van der Waals surface area contributed by atoms with Crippen molar-refractivity contribution in [2.24, 2.45) is 0 Å². The molecule has 0 saturated carbocycles. The maximum atomic E-state index is 11.1. The second-order valence-electron chi connectivity index (χ2n) is 3.06. The van der Waals surface area contributed by atoms with Gasteiger partial charge in [-0.2, -0.15) is 0 Å². The summed E-state index contributed by atoms with van der Waals surface area (Å²) in [5.74, 6) is 0.141. The summed E-state index contributed by atoms with van der Waals surface area (Å²) in [4.78, 5) is 12.2. The summed E-state index contributed by atoms with van der Waals surface area (Å²) in [6, 6.07) is 5.69. The first-order valence-corrected chi connectivity index (χ1v) is 5.77. The lowest BCUT2D eigenvalue weighted by Gasteiger charge is -2.07. The van der Waals surface area contributed by atoms with E-state index in [0.29, 0.717) is 12.4 Å². The zero-order valence-corrected chi connectivity index (χ0v) is 9.76. The predicted molar refractivity (Wildman–Crippen MR) is 62.9 cm³/mol. The third kappa shape index (κ3) is 3.47. The number of hydrogen-bond acceptors (Lipinski definition) is 4. The number of anilines is 1. The fraction of sp³-hybridized carbons (Fsp3) is 0.364. The first kappa shape index (κ1) is 11.9. The lowest BCUT2D eigenvalue weighted by Crippen LogP contribution is -2.06. The van der Waals surface area contributed by atoms with Crippen LogP contribution in [0, 0.1) is 6.92 Å². The Kier molecular flexibility index (Phi) is 4.49. The fourth-order valence-corrected chi connectivity index (χ4v) is 1.99. The van der Waals surface area contributed by atoms with Gasteiger partial charge in [-0.15, -0.1) is 11.8 Å². The van der Waals surface area contributed by atoms with Crippen LogP contribution in [-0.4, -0.2) is 18.3 Å². The van der Waals surface area contributed by atoms with Crippen LogP contribution in [-0.2, 0) is 9.53 Å². The van der Waals surface area contributed by atoms with Gasteiger partial charge < -0.3 is 10.5 Å². The average Bonchev–Trinajstić information content (AvgIpc) is 2.21. The van der Waals surface area contributed by atoms with Crippen molar-refractivity contribution in [1.82, 2.24) is 0 Å². The van der Waals surface area contributed by atoms with Gasteiger partial charge in [0.2, 0.25) is 0 Å². The van der Waals surface area contributed by atoms with Crippen LogP contribution in [0.4, 0.5) is 5.69 Å². The van der Waals surface area contributed by atoms with E-state index in [2.05, 4.69) is 0 Å². The molecule has 3 nitrogen and oxygen atoms in total. The van der Waals surface area contributed by atoms with Gasteiger partial charge in [-0.25, -0.2) is 0 Å². The maximum Gasteiger partial charge on any atom is 0.316 e.